The van der Waals surface area contributed by atoms with Gasteiger partial charge < -0.3 is 9.84 Å². The predicted octanol–water partition coefficient (Wildman–Crippen LogP) is 0.801. The van der Waals surface area contributed by atoms with Crippen LogP contribution in [-0.2, 0) is 16.1 Å². The molecule has 0 heterocycles. The molecule has 0 spiro atoms. The number of carboxylic acid groups (broad SMARTS) is 1. The summed E-state index contributed by atoms with van der Waals surface area (Å²) in [5, 5.41) is 8.21. The van der Waals surface area contributed by atoms with Crippen molar-refractivity contribution in [1.82, 2.24) is 0 Å². The zero-order chi connectivity index (χ0) is 8.81. The fourth-order valence-electron chi connectivity index (χ4n) is 0.783. The van der Waals surface area contributed by atoms with E-state index in [0.29, 0.717) is 6.61 Å². The Morgan fingerprint density at radius 2 is 2.00 bits per heavy atom. The van der Waals surface area contributed by atoms with Gasteiger partial charge in [-0.25, -0.2) is 4.79 Å². The SMILES string of the molecule is O=C(O)[CH]OCc1ccccc1.[NaH]. The Morgan fingerprint density at radius 1 is 1.38 bits per heavy atom. The third-order valence-electron chi connectivity index (χ3n) is 1.28. The molecular weight excluding hydrogens is 179 g/mol. The number of ether oxygens (including phenoxy) is 1. The number of rotatable bonds is 4. The summed E-state index contributed by atoms with van der Waals surface area (Å²) in [6.45, 7) is 1.08. The number of carboxylic acids is 1. The predicted molar refractivity (Wildman–Crippen MR) is 50.3 cm³/mol. The third kappa shape index (κ3) is 5.82. The van der Waals surface area contributed by atoms with Crippen molar-refractivity contribution in [2.45, 2.75) is 6.61 Å². The number of hydrogen-bond acceptors (Lipinski definition) is 2. The van der Waals surface area contributed by atoms with E-state index in [1.165, 1.54) is 0 Å². The molecule has 65 valence electrons. The summed E-state index contributed by atoms with van der Waals surface area (Å²) in [6, 6.07) is 9.38. The fourth-order valence-corrected chi connectivity index (χ4v) is 0.783. The van der Waals surface area contributed by atoms with Crippen LogP contribution >= 0.6 is 0 Å². The Labute approximate surface area is 99.0 Å². The van der Waals surface area contributed by atoms with E-state index >= 15 is 0 Å². The van der Waals surface area contributed by atoms with E-state index in [1.807, 2.05) is 30.3 Å². The quantitative estimate of drug-likeness (QED) is 0.712. The van der Waals surface area contributed by atoms with Gasteiger partial charge >= 0.3 is 35.5 Å². The van der Waals surface area contributed by atoms with E-state index < -0.39 is 5.97 Å². The third-order valence-corrected chi connectivity index (χ3v) is 1.28. The van der Waals surface area contributed by atoms with Gasteiger partial charge in [-0.05, 0) is 5.56 Å². The molecular formula is C9H10NaO3. The summed E-state index contributed by atoms with van der Waals surface area (Å²) in [4.78, 5) is 10.0. The Hall–Kier alpha value is -0.350. The molecule has 0 fully saturated rings. The van der Waals surface area contributed by atoms with E-state index in [4.69, 9.17) is 9.84 Å². The molecule has 0 amide bonds. The number of benzene rings is 1. The second kappa shape index (κ2) is 7.09. The molecule has 0 saturated heterocycles. The molecule has 1 N–H and O–H groups in total. The van der Waals surface area contributed by atoms with Crippen LogP contribution in [0, 0.1) is 6.61 Å². The number of aliphatic carboxylic acids is 1. The van der Waals surface area contributed by atoms with Crippen LogP contribution in [-0.4, -0.2) is 40.6 Å². The molecule has 0 aliphatic rings. The zero-order valence-corrected chi connectivity index (χ0v) is 6.43. The Morgan fingerprint density at radius 3 is 2.54 bits per heavy atom. The monoisotopic (exact) mass is 189 g/mol. The summed E-state index contributed by atoms with van der Waals surface area (Å²) in [7, 11) is 0. The first kappa shape index (κ1) is 12.7. The second-order valence-electron chi connectivity index (χ2n) is 2.25. The van der Waals surface area contributed by atoms with Gasteiger partial charge in [-0.15, -0.1) is 0 Å². The Bertz CT molecular complexity index is 248. The van der Waals surface area contributed by atoms with Crippen molar-refractivity contribution in [3.8, 4) is 0 Å². The standard InChI is InChI=1S/C9H9O3.Na.H/c10-9(11)7-12-6-8-4-2-1-3-5-8;;/h1-5,7H,6H2,(H,10,11);;. The average molecular weight is 189 g/mol. The number of hydrogen-bond donors (Lipinski definition) is 1. The first-order chi connectivity index (χ1) is 5.79. The molecule has 0 saturated carbocycles. The van der Waals surface area contributed by atoms with Crippen molar-refractivity contribution in [3.63, 3.8) is 0 Å². The molecule has 1 aromatic rings. The van der Waals surface area contributed by atoms with Crippen molar-refractivity contribution < 1.29 is 14.6 Å². The number of carbonyl (C=O) groups is 1. The van der Waals surface area contributed by atoms with Gasteiger partial charge in [0, 0.05) is 0 Å². The van der Waals surface area contributed by atoms with Crippen LogP contribution in [0.25, 0.3) is 0 Å². The van der Waals surface area contributed by atoms with Gasteiger partial charge in [-0.2, -0.15) is 0 Å². The van der Waals surface area contributed by atoms with Crippen LogP contribution in [0.2, 0.25) is 0 Å². The van der Waals surface area contributed by atoms with E-state index in [9.17, 15) is 4.79 Å². The Balaban J connectivity index is 0.00000144. The van der Waals surface area contributed by atoms with Gasteiger partial charge in [-0.3, -0.25) is 0 Å². The summed E-state index contributed by atoms with van der Waals surface area (Å²) in [6.07, 6.45) is 0. The fraction of sp³-hybridized carbons (Fsp3) is 0.111. The molecule has 13 heavy (non-hydrogen) atoms. The van der Waals surface area contributed by atoms with Gasteiger partial charge in [0.2, 0.25) is 0 Å². The van der Waals surface area contributed by atoms with Crippen molar-refractivity contribution in [2.24, 2.45) is 0 Å². The van der Waals surface area contributed by atoms with Gasteiger partial charge in [0.1, 0.15) is 0 Å². The zero-order valence-electron chi connectivity index (χ0n) is 6.43. The van der Waals surface area contributed by atoms with Gasteiger partial charge in [-0.1, -0.05) is 30.3 Å². The van der Waals surface area contributed by atoms with Crippen LogP contribution in [0.15, 0.2) is 30.3 Å². The summed E-state index contributed by atoms with van der Waals surface area (Å²) < 4.78 is 4.76. The molecule has 0 aliphatic carbocycles. The van der Waals surface area contributed by atoms with Crippen LogP contribution in [0.1, 0.15) is 5.56 Å². The summed E-state index contributed by atoms with van der Waals surface area (Å²) >= 11 is 0. The molecule has 1 rings (SSSR count). The molecule has 0 aliphatic heterocycles. The topological polar surface area (TPSA) is 46.5 Å². The molecule has 0 bridgehead atoms. The van der Waals surface area contributed by atoms with Gasteiger partial charge in [0.25, 0.3) is 0 Å². The van der Waals surface area contributed by atoms with Crippen molar-refractivity contribution >= 4 is 35.5 Å². The van der Waals surface area contributed by atoms with E-state index in [1.54, 1.807) is 0 Å². The van der Waals surface area contributed by atoms with Gasteiger partial charge in [0.15, 0.2) is 6.61 Å². The van der Waals surface area contributed by atoms with Crippen LogP contribution < -0.4 is 0 Å². The normalized spacial score (nSPS) is 8.92. The molecule has 1 aromatic carbocycles. The minimum atomic E-state index is -1.06. The molecule has 0 aromatic heterocycles. The van der Waals surface area contributed by atoms with Crippen LogP contribution in [0.3, 0.4) is 0 Å². The molecule has 4 heteroatoms. The molecule has 3 nitrogen and oxygen atoms in total. The molecule has 1 radical (unpaired) electrons. The maximum absolute atomic E-state index is 10.0. The average Bonchev–Trinajstić information content (AvgIpc) is 2.05. The minimum absolute atomic E-state index is 0. The van der Waals surface area contributed by atoms with E-state index in [2.05, 4.69) is 0 Å². The van der Waals surface area contributed by atoms with Crippen molar-refractivity contribution in [1.29, 1.82) is 0 Å². The van der Waals surface area contributed by atoms with E-state index in [-0.39, 0.29) is 29.6 Å². The molecule has 0 unspecified atom stereocenters. The van der Waals surface area contributed by atoms with E-state index in [0.717, 1.165) is 12.2 Å². The summed E-state index contributed by atoms with van der Waals surface area (Å²) in [5.74, 6) is -1.06. The summed E-state index contributed by atoms with van der Waals surface area (Å²) in [5.41, 5.74) is 0.954. The van der Waals surface area contributed by atoms with Crippen LogP contribution in [0.4, 0.5) is 0 Å². The Kier molecular flexibility index (Phi) is 6.90. The second-order valence-corrected chi connectivity index (χ2v) is 2.25. The molecule has 0 atom stereocenters. The van der Waals surface area contributed by atoms with Crippen molar-refractivity contribution in [2.75, 3.05) is 0 Å². The van der Waals surface area contributed by atoms with Crippen molar-refractivity contribution in [3.05, 3.63) is 42.5 Å². The first-order valence-electron chi connectivity index (χ1n) is 3.51. The van der Waals surface area contributed by atoms with Gasteiger partial charge in [0.05, 0.1) is 6.61 Å². The first-order valence-corrected chi connectivity index (χ1v) is 3.51. The maximum atomic E-state index is 10.0. The van der Waals surface area contributed by atoms with Crippen LogP contribution in [0.5, 0.6) is 0 Å².